The summed E-state index contributed by atoms with van der Waals surface area (Å²) in [6.07, 6.45) is 1.14. The van der Waals surface area contributed by atoms with E-state index in [9.17, 15) is 19.2 Å². The Bertz CT molecular complexity index is 1750. The molecule has 0 aliphatic carbocycles. The maximum absolute atomic E-state index is 14.2. The van der Waals surface area contributed by atoms with E-state index in [0.29, 0.717) is 57.8 Å². The van der Waals surface area contributed by atoms with Gasteiger partial charge < -0.3 is 43.8 Å². The van der Waals surface area contributed by atoms with Crippen molar-refractivity contribution >= 4 is 62.0 Å². The van der Waals surface area contributed by atoms with Crippen LogP contribution in [0.5, 0.6) is 23.0 Å². The summed E-state index contributed by atoms with van der Waals surface area (Å²) >= 11 is 3.56. The zero-order valence-electron chi connectivity index (χ0n) is 25.5. The molecule has 1 saturated heterocycles. The molecule has 0 saturated carbocycles. The summed E-state index contributed by atoms with van der Waals surface area (Å²) in [6, 6.07) is 5.01. The molecule has 45 heavy (non-hydrogen) atoms. The maximum atomic E-state index is 14.2. The number of rotatable bonds is 7. The van der Waals surface area contributed by atoms with Crippen LogP contribution in [0.15, 0.2) is 18.2 Å². The summed E-state index contributed by atoms with van der Waals surface area (Å²) in [6.45, 7) is 2.75. The van der Waals surface area contributed by atoms with Crippen molar-refractivity contribution in [3.63, 3.8) is 0 Å². The van der Waals surface area contributed by atoms with Gasteiger partial charge in [0.05, 0.1) is 50.9 Å². The molecule has 0 spiro atoms. The average molecular weight is 686 g/mol. The van der Waals surface area contributed by atoms with Crippen LogP contribution in [0.2, 0.25) is 0 Å². The number of ketones is 1. The van der Waals surface area contributed by atoms with E-state index < -0.39 is 23.4 Å². The van der Waals surface area contributed by atoms with Gasteiger partial charge in [-0.25, -0.2) is 9.59 Å². The zero-order chi connectivity index (χ0) is 32.2. The number of hydrogen-bond acceptors (Lipinski definition) is 10. The number of nitrogens with one attached hydrogen (secondary N) is 2. The first kappa shape index (κ1) is 30.6. The summed E-state index contributed by atoms with van der Waals surface area (Å²) in [7, 11) is 5.70. The lowest BCUT2D eigenvalue weighted by atomic mass is 9.89. The number of likely N-dealkylation sites (tertiary alicyclic amines) is 1. The van der Waals surface area contributed by atoms with E-state index in [2.05, 4.69) is 26.2 Å². The van der Waals surface area contributed by atoms with Crippen LogP contribution in [0.25, 0.3) is 10.9 Å². The molecule has 2 amide bonds. The zero-order valence-corrected chi connectivity index (χ0v) is 27.1. The van der Waals surface area contributed by atoms with Gasteiger partial charge in [0.2, 0.25) is 11.5 Å². The van der Waals surface area contributed by atoms with Crippen molar-refractivity contribution < 1.29 is 42.9 Å². The van der Waals surface area contributed by atoms with Gasteiger partial charge in [0.25, 0.3) is 5.91 Å². The van der Waals surface area contributed by atoms with Crippen molar-refractivity contribution in [1.82, 2.24) is 9.88 Å². The van der Waals surface area contributed by atoms with Gasteiger partial charge in [-0.3, -0.25) is 9.59 Å². The molecule has 3 aliphatic rings. The summed E-state index contributed by atoms with van der Waals surface area (Å²) in [5, 5.41) is 4.07. The molecule has 3 aliphatic heterocycles. The third-order valence-electron chi connectivity index (χ3n) is 8.70. The lowest BCUT2D eigenvalue weighted by Gasteiger charge is -2.21. The highest BCUT2D eigenvalue weighted by Gasteiger charge is 2.53. The van der Waals surface area contributed by atoms with Gasteiger partial charge >= 0.3 is 12.1 Å². The molecule has 0 bridgehead atoms. The number of alkyl halides is 1. The SMILES string of the molecule is COC(=O)C1(C)Nc2c(OC(=O)N3CCCC3)cc3c(c2C1=O)C(CBr)CN3C(=O)c1cc2cc(OC)c(OC)c(OC)c2[nH]1. The van der Waals surface area contributed by atoms with E-state index in [1.54, 1.807) is 28.0 Å². The number of nitrogens with zero attached hydrogens (tertiary/aromatic N) is 2. The number of benzene rings is 2. The minimum atomic E-state index is -1.75. The summed E-state index contributed by atoms with van der Waals surface area (Å²) in [4.78, 5) is 60.6. The molecule has 1 fully saturated rings. The van der Waals surface area contributed by atoms with E-state index >= 15 is 0 Å². The van der Waals surface area contributed by atoms with Crippen LogP contribution in [0, 0.1) is 0 Å². The number of methoxy groups -OCH3 is 4. The van der Waals surface area contributed by atoms with Crippen molar-refractivity contribution in [3.05, 3.63) is 35.0 Å². The molecule has 6 rings (SSSR count). The Morgan fingerprint density at radius 1 is 1.00 bits per heavy atom. The number of carbonyl (C=O) groups is 4. The molecule has 4 heterocycles. The molecule has 14 heteroatoms. The minimum Gasteiger partial charge on any atom is -0.493 e. The van der Waals surface area contributed by atoms with Crippen molar-refractivity contribution in [3.8, 4) is 23.0 Å². The standard InChI is InChI=1S/C31H33BrN4O9/c1-31(29(39)44-5)27(37)22-21-16(13-32)14-36(18(21)12-19(24(22)34-31)45-30(40)35-8-6-7-9-35)28(38)17-10-15-11-20(41-2)25(42-3)26(43-4)23(15)33-17/h10-12,16,33-34H,6-9,13-14H2,1-5H3. The summed E-state index contributed by atoms with van der Waals surface area (Å²) in [5.74, 6) is -0.791. The van der Waals surface area contributed by atoms with E-state index in [1.165, 1.54) is 35.4 Å². The van der Waals surface area contributed by atoms with Crippen molar-refractivity contribution in [2.75, 3.05) is 63.6 Å². The smallest absolute Gasteiger partial charge is 0.415 e. The molecule has 1 aromatic heterocycles. The van der Waals surface area contributed by atoms with E-state index in [0.717, 1.165) is 12.8 Å². The van der Waals surface area contributed by atoms with Crippen LogP contribution in [0.4, 0.5) is 16.2 Å². The average Bonchev–Trinajstić information content (AvgIpc) is 3.85. The number of anilines is 2. The van der Waals surface area contributed by atoms with Crippen LogP contribution in [0.3, 0.4) is 0 Å². The maximum Gasteiger partial charge on any atom is 0.415 e. The Kier molecular flexibility index (Phi) is 7.79. The molecule has 238 valence electrons. The van der Waals surface area contributed by atoms with Gasteiger partial charge in [-0.15, -0.1) is 0 Å². The highest BCUT2D eigenvalue weighted by Crippen LogP contribution is 2.52. The predicted molar refractivity (Wildman–Crippen MR) is 168 cm³/mol. The predicted octanol–water partition coefficient (Wildman–Crippen LogP) is 4.47. The quantitative estimate of drug-likeness (QED) is 0.207. The largest absolute Gasteiger partial charge is 0.493 e. The Labute approximate surface area is 267 Å². The van der Waals surface area contributed by atoms with Crippen LogP contribution < -0.4 is 29.2 Å². The van der Waals surface area contributed by atoms with Crippen LogP contribution >= 0.6 is 15.9 Å². The highest BCUT2D eigenvalue weighted by molar-refractivity contribution is 9.09. The Hall–Kier alpha value is -4.46. The first-order valence-electron chi connectivity index (χ1n) is 14.4. The molecular formula is C31H33BrN4O9. The van der Waals surface area contributed by atoms with Crippen LogP contribution in [0.1, 0.15) is 52.1 Å². The number of ether oxygens (including phenoxy) is 5. The molecule has 2 atom stereocenters. The third-order valence-corrected chi connectivity index (χ3v) is 9.49. The second kappa shape index (κ2) is 11.5. The first-order chi connectivity index (χ1) is 21.6. The van der Waals surface area contributed by atoms with Crippen LogP contribution in [-0.4, -0.2) is 92.6 Å². The second-order valence-corrected chi connectivity index (χ2v) is 11.9. The van der Waals surface area contributed by atoms with E-state index in [4.69, 9.17) is 23.7 Å². The number of carbonyl (C=O) groups excluding carboxylic acids is 4. The van der Waals surface area contributed by atoms with Gasteiger partial charge in [-0.05, 0) is 37.5 Å². The fourth-order valence-corrected chi connectivity index (χ4v) is 6.96. The van der Waals surface area contributed by atoms with Gasteiger partial charge in [-0.1, -0.05) is 15.9 Å². The molecule has 2 N–H and O–H groups in total. The number of halogens is 1. The van der Waals surface area contributed by atoms with Crippen molar-refractivity contribution in [2.24, 2.45) is 0 Å². The van der Waals surface area contributed by atoms with Crippen molar-refractivity contribution in [1.29, 1.82) is 0 Å². The molecule has 2 unspecified atom stereocenters. The topological polar surface area (TPSA) is 149 Å². The number of amides is 2. The summed E-state index contributed by atoms with van der Waals surface area (Å²) in [5.41, 5.74) is 0.417. The number of hydrogen-bond donors (Lipinski definition) is 2. The number of aromatic nitrogens is 1. The monoisotopic (exact) mass is 684 g/mol. The summed E-state index contributed by atoms with van der Waals surface area (Å²) < 4.78 is 27.4. The fraction of sp³-hybridized carbons (Fsp3) is 0.419. The Morgan fingerprint density at radius 2 is 1.71 bits per heavy atom. The highest BCUT2D eigenvalue weighted by atomic mass is 79.9. The van der Waals surface area contributed by atoms with Gasteiger partial charge in [-0.2, -0.15) is 0 Å². The van der Waals surface area contributed by atoms with Crippen LogP contribution in [-0.2, 0) is 9.53 Å². The lowest BCUT2D eigenvalue weighted by molar-refractivity contribution is -0.143. The van der Waals surface area contributed by atoms with Crippen molar-refractivity contribution in [2.45, 2.75) is 31.2 Å². The molecule has 0 radical (unpaired) electrons. The second-order valence-electron chi connectivity index (χ2n) is 11.2. The molecular weight excluding hydrogens is 652 g/mol. The van der Waals surface area contributed by atoms with Gasteiger partial charge in [0, 0.05) is 42.3 Å². The van der Waals surface area contributed by atoms with E-state index in [1.807, 2.05) is 0 Å². The normalized spacial score (nSPS) is 20.1. The van der Waals surface area contributed by atoms with Gasteiger partial charge in [0.15, 0.2) is 22.8 Å². The Balaban J connectivity index is 1.48. The number of aromatic amines is 1. The molecule has 3 aromatic rings. The minimum absolute atomic E-state index is 0.0439. The molecule has 13 nitrogen and oxygen atoms in total. The number of esters is 1. The molecule has 2 aromatic carbocycles. The first-order valence-corrected chi connectivity index (χ1v) is 15.5. The van der Waals surface area contributed by atoms with E-state index in [-0.39, 0.29) is 41.1 Å². The number of H-pyrrole nitrogens is 1. The third kappa shape index (κ3) is 4.64. The fourth-order valence-electron chi connectivity index (χ4n) is 6.43. The number of fused-ring (bicyclic) bond motifs is 4. The lowest BCUT2D eigenvalue weighted by Crippen LogP contribution is -2.47. The van der Waals surface area contributed by atoms with Gasteiger partial charge in [0.1, 0.15) is 5.69 Å². The Morgan fingerprint density at radius 3 is 2.33 bits per heavy atom. The number of Topliss-reactive ketones (excluding diaryl/α,β-unsaturated/α-hetero) is 1.